The van der Waals surface area contributed by atoms with Gasteiger partial charge in [0.2, 0.25) is 15.9 Å². The molecule has 0 bridgehead atoms. The second-order valence-electron chi connectivity index (χ2n) is 8.86. The van der Waals surface area contributed by atoms with E-state index in [1.807, 2.05) is 60.0 Å². The molecule has 0 spiro atoms. The Labute approximate surface area is 205 Å². The molecule has 1 amide bonds. The highest BCUT2D eigenvalue weighted by Crippen LogP contribution is 2.30. The molecule has 2 aromatic carbocycles. The van der Waals surface area contributed by atoms with E-state index in [0.717, 1.165) is 40.9 Å². The number of hydrogen-bond donors (Lipinski definition) is 1. The fourth-order valence-corrected chi connectivity index (χ4v) is 6.00. The van der Waals surface area contributed by atoms with Gasteiger partial charge in [0, 0.05) is 31.3 Å². The van der Waals surface area contributed by atoms with Gasteiger partial charge in [0.25, 0.3) is 0 Å². The van der Waals surface area contributed by atoms with Gasteiger partial charge in [-0.1, -0.05) is 48.5 Å². The number of anilines is 1. The van der Waals surface area contributed by atoms with Gasteiger partial charge in [-0.25, -0.2) is 13.4 Å². The van der Waals surface area contributed by atoms with E-state index >= 15 is 0 Å². The van der Waals surface area contributed by atoms with Crippen molar-refractivity contribution in [3.63, 3.8) is 0 Å². The number of fused-ring (bicyclic) bond motifs is 1. The van der Waals surface area contributed by atoms with Crippen LogP contribution in [0.5, 0.6) is 0 Å². The largest absolute Gasteiger partial charge is 0.310 e. The van der Waals surface area contributed by atoms with Crippen LogP contribution in [0, 0.1) is 6.92 Å². The molecule has 1 fully saturated rings. The van der Waals surface area contributed by atoms with Crippen molar-refractivity contribution in [2.45, 2.75) is 37.5 Å². The number of hydrogen-bond acceptors (Lipinski definition) is 4. The number of nitrogens with zero attached hydrogens (tertiary/aromatic N) is 3. The normalized spacial score (nSPS) is 14.4. The Morgan fingerprint density at radius 2 is 1.69 bits per heavy atom. The summed E-state index contributed by atoms with van der Waals surface area (Å²) in [6.07, 6.45) is 4.49. The van der Waals surface area contributed by atoms with Gasteiger partial charge >= 0.3 is 0 Å². The predicted octanol–water partition coefficient (Wildman–Crippen LogP) is 4.67. The van der Waals surface area contributed by atoms with Crippen molar-refractivity contribution in [2.75, 3.05) is 18.4 Å². The lowest BCUT2D eigenvalue weighted by atomic mass is 10.1. The van der Waals surface area contributed by atoms with Crippen LogP contribution in [0.1, 0.15) is 30.4 Å². The predicted molar refractivity (Wildman–Crippen MR) is 137 cm³/mol. The second-order valence-corrected chi connectivity index (χ2v) is 10.8. The highest BCUT2D eigenvalue weighted by molar-refractivity contribution is 7.89. The second kappa shape index (κ2) is 9.64. The number of nitrogens with one attached hydrogen (secondary N) is 1. The van der Waals surface area contributed by atoms with Crippen LogP contribution in [-0.2, 0) is 21.2 Å². The summed E-state index contributed by atoms with van der Waals surface area (Å²) in [5.41, 5.74) is 4.40. The van der Waals surface area contributed by atoms with Crippen molar-refractivity contribution in [3.8, 4) is 11.3 Å². The van der Waals surface area contributed by atoms with Crippen LogP contribution in [-0.4, -0.2) is 41.1 Å². The fraction of sp³-hybridized carbons (Fsp3) is 0.259. The Morgan fingerprint density at radius 3 is 2.40 bits per heavy atom. The zero-order chi connectivity index (χ0) is 24.4. The maximum absolute atomic E-state index is 12.9. The third kappa shape index (κ3) is 4.72. The van der Waals surface area contributed by atoms with Crippen molar-refractivity contribution >= 4 is 27.4 Å². The monoisotopic (exact) mass is 488 g/mol. The molecule has 4 aromatic rings. The number of carbonyl (C=O) groups is 1. The maximum Gasteiger partial charge on any atom is 0.243 e. The number of imidazole rings is 1. The molecule has 0 radical (unpaired) electrons. The van der Waals surface area contributed by atoms with Crippen molar-refractivity contribution in [3.05, 3.63) is 84.1 Å². The van der Waals surface area contributed by atoms with Gasteiger partial charge in [0.05, 0.1) is 4.90 Å². The lowest BCUT2D eigenvalue weighted by Crippen LogP contribution is -2.27. The molecule has 1 N–H and O–H groups in total. The van der Waals surface area contributed by atoms with Crippen molar-refractivity contribution in [1.82, 2.24) is 13.7 Å². The minimum atomic E-state index is -3.43. The molecule has 1 aliphatic rings. The average molecular weight is 489 g/mol. The van der Waals surface area contributed by atoms with E-state index in [4.69, 9.17) is 4.98 Å². The number of sulfonamides is 1. The molecule has 1 saturated heterocycles. The van der Waals surface area contributed by atoms with Crippen molar-refractivity contribution in [1.29, 1.82) is 0 Å². The van der Waals surface area contributed by atoms with Crippen LogP contribution in [0.25, 0.3) is 16.9 Å². The van der Waals surface area contributed by atoms with Gasteiger partial charge in [-0.2, -0.15) is 4.31 Å². The summed E-state index contributed by atoms with van der Waals surface area (Å²) in [7, 11) is -3.43. The number of aromatic nitrogens is 2. The maximum atomic E-state index is 12.9. The fourth-order valence-electron chi connectivity index (χ4n) is 4.48. The van der Waals surface area contributed by atoms with Gasteiger partial charge < -0.3 is 5.32 Å². The molecule has 35 heavy (non-hydrogen) atoms. The first kappa shape index (κ1) is 23.3. The first-order valence-corrected chi connectivity index (χ1v) is 13.3. The molecule has 2 aromatic heterocycles. The summed E-state index contributed by atoms with van der Waals surface area (Å²) in [4.78, 5) is 18.1. The molecule has 1 aliphatic heterocycles. The average Bonchev–Trinajstić information content (AvgIpc) is 3.54. The molecule has 0 saturated carbocycles. The summed E-state index contributed by atoms with van der Waals surface area (Å²) in [6.45, 7) is 3.16. The standard InChI is InChI=1S/C27H28N4O3S/c1-20-8-7-19-31-26(20)29-25(22-9-3-2-4-10-22)27(31)28-24(32)16-13-21-11-14-23(15-12-21)35(33,34)30-17-5-6-18-30/h2-4,7-12,14-15,19H,5-6,13,16-18H2,1H3,(H,28,32). The van der Waals surface area contributed by atoms with Gasteiger partial charge in [0.15, 0.2) is 0 Å². The molecule has 7 nitrogen and oxygen atoms in total. The molecule has 8 heteroatoms. The van der Waals surface area contributed by atoms with E-state index in [0.29, 0.717) is 30.2 Å². The smallest absolute Gasteiger partial charge is 0.243 e. The van der Waals surface area contributed by atoms with E-state index in [-0.39, 0.29) is 12.3 Å². The number of rotatable bonds is 7. The quantitative estimate of drug-likeness (QED) is 0.410. The first-order valence-electron chi connectivity index (χ1n) is 11.9. The van der Waals surface area contributed by atoms with Gasteiger partial charge in [0.1, 0.15) is 17.2 Å². The highest BCUT2D eigenvalue weighted by Gasteiger charge is 2.27. The Kier molecular flexibility index (Phi) is 6.40. The van der Waals surface area contributed by atoms with Crippen LogP contribution < -0.4 is 5.32 Å². The van der Waals surface area contributed by atoms with Crippen molar-refractivity contribution < 1.29 is 13.2 Å². The number of aryl methyl sites for hydroxylation is 2. The van der Waals surface area contributed by atoms with E-state index in [2.05, 4.69) is 5.32 Å². The number of pyridine rings is 1. The Balaban J connectivity index is 1.31. The van der Waals surface area contributed by atoms with E-state index in [1.165, 1.54) is 4.31 Å². The molecule has 5 rings (SSSR count). The number of carbonyl (C=O) groups excluding carboxylic acids is 1. The molecule has 0 unspecified atom stereocenters. The molecule has 0 aliphatic carbocycles. The summed E-state index contributed by atoms with van der Waals surface area (Å²) < 4.78 is 28.9. The summed E-state index contributed by atoms with van der Waals surface area (Å²) in [5.74, 6) is 0.520. The summed E-state index contributed by atoms with van der Waals surface area (Å²) in [6, 6.07) is 20.6. The van der Waals surface area contributed by atoms with E-state index in [1.54, 1.807) is 24.3 Å². The number of amides is 1. The molecule has 180 valence electrons. The molecular weight excluding hydrogens is 460 g/mol. The van der Waals surface area contributed by atoms with Gasteiger partial charge in [-0.05, 0) is 55.5 Å². The zero-order valence-electron chi connectivity index (χ0n) is 19.6. The van der Waals surface area contributed by atoms with Crippen LogP contribution >= 0.6 is 0 Å². The minimum Gasteiger partial charge on any atom is -0.310 e. The third-order valence-electron chi connectivity index (χ3n) is 6.42. The summed E-state index contributed by atoms with van der Waals surface area (Å²) >= 11 is 0. The minimum absolute atomic E-state index is 0.126. The van der Waals surface area contributed by atoms with Crippen LogP contribution in [0.15, 0.2) is 77.8 Å². The molecular formula is C27H28N4O3S. The van der Waals surface area contributed by atoms with E-state index in [9.17, 15) is 13.2 Å². The summed E-state index contributed by atoms with van der Waals surface area (Å²) in [5, 5.41) is 3.06. The Bertz CT molecular complexity index is 1460. The van der Waals surface area contributed by atoms with Crippen LogP contribution in [0.3, 0.4) is 0 Å². The van der Waals surface area contributed by atoms with Crippen molar-refractivity contribution in [2.24, 2.45) is 0 Å². The van der Waals surface area contributed by atoms with Gasteiger partial charge in [-0.3, -0.25) is 9.20 Å². The first-order chi connectivity index (χ1) is 16.9. The highest BCUT2D eigenvalue weighted by atomic mass is 32.2. The topological polar surface area (TPSA) is 83.8 Å². The zero-order valence-corrected chi connectivity index (χ0v) is 20.5. The third-order valence-corrected chi connectivity index (χ3v) is 8.33. The lowest BCUT2D eigenvalue weighted by molar-refractivity contribution is -0.116. The van der Waals surface area contributed by atoms with E-state index < -0.39 is 10.0 Å². The number of benzene rings is 2. The molecule has 3 heterocycles. The Morgan fingerprint density at radius 1 is 0.971 bits per heavy atom. The van der Waals surface area contributed by atoms with Crippen LogP contribution in [0.4, 0.5) is 5.82 Å². The Hall–Kier alpha value is -3.49. The molecule has 0 atom stereocenters. The van der Waals surface area contributed by atoms with Crippen LogP contribution in [0.2, 0.25) is 0 Å². The SMILES string of the molecule is Cc1cccn2c(NC(=O)CCc3ccc(S(=O)(=O)N4CCCC4)cc3)c(-c3ccccc3)nc12. The van der Waals surface area contributed by atoms with Gasteiger partial charge in [-0.15, -0.1) is 0 Å². The lowest BCUT2D eigenvalue weighted by Gasteiger charge is -2.15.